The van der Waals surface area contributed by atoms with E-state index in [1.54, 1.807) is 42.5 Å². The highest BCUT2D eigenvalue weighted by Gasteiger charge is 2.10. The van der Waals surface area contributed by atoms with Crippen molar-refractivity contribution in [2.24, 2.45) is 0 Å². The fourth-order valence-corrected chi connectivity index (χ4v) is 2.40. The number of esters is 1. The summed E-state index contributed by atoms with van der Waals surface area (Å²) in [6, 6.07) is 12.9. The minimum Gasteiger partial charge on any atom is -0.465 e. The van der Waals surface area contributed by atoms with E-state index in [0.29, 0.717) is 16.8 Å². The van der Waals surface area contributed by atoms with Crippen LogP contribution in [0.5, 0.6) is 0 Å². The molecule has 0 spiro atoms. The van der Waals surface area contributed by atoms with Gasteiger partial charge in [0, 0.05) is 30.2 Å². The molecule has 0 aliphatic heterocycles. The number of benzene rings is 2. The van der Waals surface area contributed by atoms with Gasteiger partial charge in [-0.05, 0) is 24.3 Å². The number of ether oxygens (including phenoxy) is 1. The van der Waals surface area contributed by atoms with Gasteiger partial charge in [0.25, 0.3) is 5.91 Å². The first kappa shape index (κ1) is 19.0. The van der Waals surface area contributed by atoms with Crippen LogP contribution in [0, 0.1) is 5.82 Å². The van der Waals surface area contributed by atoms with E-state index in [2.05, 4.69) is 25.3 Å². The predicted octanol–water partition coefficient (Wildman–Crippen LogP) is 3.08. The van der Waals surface area contributed by atoms with Crippen LogP contribution in [0.3, 0.4) is 0 Å². The summed E-state index contributed by atoms with van der Waals surface area (Å²) in [6.07, 6.45) is 2.71. The van der Waals surface area contributed by atoms with Gasteiger partial charge in [0.15, 0.2) is 0 Å². The van der Waals surface area contributed by atoms with Crippen molar-refractivity contribution >= 4 is 23.5 Å². The molecule has 0 aliphatic rings. The summed E-state index contributed by atoms with van der Waals surface area (Å²) in [7, 11) is 1.31. The van der Waals surface area contributed by atoms with Crippen molar-refractivity contribution in [1.29, 1.82) is 0 Å². The molecule has 0 bridgehead atoms. The number of amides is 1. The number of nitrogens with zero attached hydrogens (tertiary/aromatic N) is 2. The molecule has 0 saturated carbocycles. The summed E-state index contributed by atoms with van der Waals surface area (Å²) in [5.74, 6) is -0.991. The van der Waals surface area contributed by atoms with Crippen LogP contribution >= 0.6 is 0 Å². The monoisotopic (exact) mass is 380 g/mol. The number of nitrogens with one attached hydrogen (secondary N) is 2. The van der Waals surface area contributed by atoms with E-state index in [1.807, 2.05) is 0 Å². The minimum atomic E-state index is -0.452. The predicted molar refractivity (Wildman–Crippen MR) is 101 cm³/mol. The summed E-state index contributed by atoms with van der Waals surface area (Å²) in [5, 5.41) is 5.56. The average molecular weight is 380 g/mol. The van der Waals surface area contributed by atoms with Crippen LogP contribution in [0.1, 0.15) is 26.3 Å². The van der Waals surface area contributed by atoms with Crippen molar-refractivity contribution < 1.29 is 18.7 Å². The molecule has 1 amide bonds. The van der Waals surface area contributed by atoms with Crippen molar-refractivity contribution in [3.05, 3.63) is 83.4 Å². The Labute approximate surface area is 160 Å². The lowest BCUT2D eigenvalue weighted by molar-refractivity contribution is 0.0600. The van der Waals surface area contributed by atoms with Crippen LogP contribution in [0.4, 0.5) is 16.0 Å². The van der Waals surface area contributed by atoms with Crippen molar-refractivity contribution in [2.45, 2.75) is 6.54 Å². The number of halogens is 1. The Balaban J connectivity index is 1.62. The Bertz CT molecular complexity index is 993. The molecule has 0 aliphatic carbocycles. The lowest BCUT2D eigenvalue weighted by Gasteiger charge is -2.08. The number of anilines is 2. The van der Waals surface area contributed by atoms with E-state index in [-0.39, 0.29) is 23.9 Å². The highest BCUT2D eigenvalue weighted by Crippen LogP contribution is 2.15. The maximum atomic E-state index is 13.6. The van der Waals surface area contributed by atoms with Crippen molar-refractivity contribution in [2.75, 3.05) is 12.4 Å². The standard InChI is InChI=1S/C20H17FN4O3/c1-28-19(27)13-6-4-7-16(9-13)25-20-23-11-15(12-24-20)18(26)22-10-14-5-2-3-8-17(14)21/h2-9,11-12H,10H2,1H3,(H,22,26)(H,23,24,25). The number of hydrogen-bond donors (Lipinski definition) is 2. The van der Waals surface area contributed by atoms with Gasteiger partial charge in [0.05, 0.1) is 18.2 Å². The molecule has 0 unspecified atom stereocenters. The smallest absolute Gasteiger partial charge is 0.337 e. The number of hydrogen-bond acceptors (Lipinski definition) is 6. The lowest BCUT2D eigenvalue weighted by atomic mass is 10.2. The number of carbonyl (C=O) groups excluding carboxylic acids is 2. The molecule has 0 fully saturated rings. The van der Waals surface area contributed by atoms with Crippen LogP contribution in [0.15, 0.2) is 60.9 Å². The molecule has 0 atom stereocenters. The molecular weight excluding hydrogens is 363 g/mol. The molecule has 142 valence electrons. The zero-order chi connectivity index (χ0) is 19.9. The van der Waals surface area contributed by atoms with Gasteiger partial charge < -0.3 is 15.4 Å². The van der Waals surface area contributed by atoms with Crippen LogP contribution in [0.25, 0.3) is 0 Å². The second-order valence-corrected chi connectivity index (χ2v) is 5.77. The average Bonchev–Trinajstić information content (AvgIpc) is 2.73. The van der Waals surface area contributed by atoms with E-state index >= 15 is 0 Å². The third-order valence-corrected chi connectivity index (χ3v) is 3.85. The molecular formula is C20H17FN4O3. The first-order valence-electron chi connectivity index (χ1n) is 8.36. The normalized spacial score (nSPS) is 10.2. The second kappa shape index (κ2) is 8.72. The van der Waals surface area contributed by atoms with Crippen LogP contribution in [-0.2, 0) is 11.3 Å². The third kappa shape index (κ3) is 4.67. The molecule has 2 aromatic carbocycles. The molecule has 1 heterocycles. The van der Waals surface area contributed by atoms with Gasteiger partial charge in [-0.1, -0.05) is 24.3 Å². The zero-order valence-corrected chi connectivity index (χ0v) is 15.0. The van der Waals surface area contributed by atoms with Crippen molar-refractivity contribution in [1.82, 2.24) is 15.3 Å². The molecule has 2 N–H and O–H groups in total. The SMILES string of the molecule is COC(=O)c1cccc(Nc2ncc(C(=O)NCc3ccccc3F)cn2)c1. The fourth-order valence-electron chi connectivity index (χ4n) is 2.40. The van der Waals surface area contributed by atoms with Crippen LogP contribution in [0.2, 0.25) is 0 Å². The van der Waals surface area contributed by atoms with E-state index < -0.39 is 11.9 Å². The maximum Gasteiger partial charge on any atom is 0.337 e. The zero-order valence-electron chi connectivity index (χ0n) is 15.0. The Hall–Kier alpha value is -3.81. The molecule has 0 radical (unpaired) electrons. The summed E-state index contributed by atoms with van der Waals surface area (Å²) in [6.45, 7) is 0.0613. The summed E-state index contributed by atoms with van der Waals surface area (Å²) < 4.78 is 18.3. The van der Waals surface area contributed by atoms with Crippen molar-refractivity contribution in [3.8, 4) is 0 Å². The van der Waals surface area contributed by atoms with Gasteiger partial charge in [-0.3, -0.25) is 4.79 Å². The number of methoxy groups -OCH3 is 1. The Kier molecular flexibility index (Phi) is 5.91. The Morgan fingerprint density at radius 1 is 1.04 bits per heavy atom. The summed E-state index contributed by atoms with van der Waals surface area (Å²) >= 11 is 0. The number of carbonyl (C=O) groups is 2. The Morgan fingerprint density at radius 3 is 2.50 bits per heavy atom. The maximum absolute atomic E-state index is 13.6. The highest BCUT2D eigenvalue weighted by molar-refractivity contribution is 5.93. The van der Waals surface area contributed by atoms with E-state index in [9.17, 15) is 14.0 Å². The molecule has 7 nitrogen and oxygen atoms in total. The fraction of sp³-hybridized carbons (Fsp3) is 0.100. The van der Waals surface area contributed by atoms with E-state index in [0.717, 1.165) is 0 Å². The van der Waals surface area contributed by atoms with Gasteiger partial charge in [0.1, 0.15) is 5.82 Å². The van der Waals surface area contributed by atoms with Gasteiger partial charge in [0.2, 0.25) is 5.95 Å². The highest BCUT2D eigenvalue weighted by atomic mass is 19.1. The third-order valence-electron chi connectivity index (χ3n) is 3.85. The molecule has 28 heavy (non-hydrogen) atoms. The molecule has 1 aromatic heterocycles. The molecule has 3 rings (SSSR count). The lowest BCUT2D eigenvalue weighted by Crippen LogP contribution is -2.23. The van der Waals surface area contributed by atoms with Gasteiger partial charge >= 0.3 is 5.97 Å². The van der Waals surface area contributed by atoms with Gasteiger partial charge in [-0.25, -0.2) is 19.2 Å². The van der Waals surface area contributed by atoms with Crippen LogP contribution < -0.4 is 10.6 Å². The minimum absolute atomic E-state index is 0.0613. The van der Waals surface area contributed by atoms with Gasteiger partial charge in [-0.2, -0.15) is 0 Å². The van der Waals surface area contributed by atoms with E-state index in [4.69, 9.17) is 0 Å². The molecule has 8 heteroatoms. The van der Waals surface area contributed by atoms with Crippen LogP contribution in [-0.4, -0.2) is 29.0 Å². The van der Waals surface area contributed by atoms with Crippen molar-refractivity contribution in [3.63, 3.8) is 0 Å². The first-order chi connectivity index (χ1) is 13.6. The topological polar surface area (TPSA) is 93.2 Å². The first-order valence-corrected chi connectivity index (χ1v) is 8.36. The number of rotatable bonds is 6. The van der Waals surface area contributed by atoms with E-state index in [1.165, 1.54) is 25.6 Å². The summed E-state index contributed by atoms with van der Waals surface area (Å²) in [4.78, 5) is 31.9. The largest absolute Gasteiger partial charge is 0.465 e. The quantitative estimate of drug-likeness (QED) is 0.639. The second-order valence-electron chi connectivity index (χ2n) is 5.77. The summed E-state index contributed by atoms with van der Waals surface area (Å²) in [5.41, 5.74) is 1.61. The Morgan fingerprint density at radius 2 is 1.79 bits per heavy atom. The molecule has 0 saturated heterocycles. The molecule has 3 aromatic rings. The van der Waals surface area contributed by atoms with Gasteiger partial charge in [-0.15, -0.1) is 0 Å². The number of aromatic nitrogens is 2.